The van der Waals surface area contributed by atoms with Crippen LogP contribution in [0.3, 0.4) is 0 Å². The van der Waals surface area contributed by atoms with E-state index in [1.807, 2.05) is 0 Å². The molecule has 1 heteroatoms. The van der Waals surface area contributed by atoms with E-state index in [0.717, 1.165) is 25.7 Å². The summed E-state index contributed by atoms with van der Waals surface area (Å²) in [5.74, 6) is 0. The molecule has 0 saturated carbocycles. The van der Waals surface area contributed by atoms with Gasteiger partial charge in [0.05, 0.1) is 17.5 Å². The van der Waals surface area contributed by atoms with Crippen LogP contribution in [-0.4, -0.2) is 12.1 Å². The Bertz CT molecular complexity index is 3140. The normalized spacial score (nSPS) is 20.0. The Morgan fingerprint density at radius 2 is 1.10 bits per heavy atom. The van der Waals surface area contributed by atoms with Crippen molar-refractivity contribution in [1.82, 2.24) is 0 Å². The summed E-state index contributed by atoms with van der Waals surface area (Å²) in [6.07, 6.45) is 23.2. The summed E-state index contributed by atoms with van der Waals surface area (Å²) < 4.78 is 0. The van der Waals surface area contributed by atoms with E-state index in [4.69, 9.17) is 0 Å². The molecule has 0 heterocycles. The lowest BCUT2D eigenvalue weighted by molar-refractivity contribution is 0.545. The third-order valence-electron chi connectivity index (χ3n) is 16.1. The second-order valence-electron chi connectivity index (χ2n) is 25.3. The molecule has 366 valence electrons. The van der Waals surface area contributed by atoms with Gasteiger partial charge in [-0.15, -0.1) is 0 Å². The first-order chi connectivity index (χ1) is 34.2. The highest BCUT2D eigenvalue weighted by Crippen LogP contribution is 2.61. The predicted molar refractivity (Wildman–Crippen MR) is 311 cm³/mol. The highest BCUT2D eigenvalue weighted by molar-refractivity contribution is 5.93. The van der Waals surface area contributed by atoms with Crippen molar-refractivity contribution in [2.75, 3.05) is 4.90 Å². The zero-order valence-electron chi connectivity index (χ0n) is 45.3. The van der Waals surface area contributed by atoms with E-state index in [9.17, 15) is 0 Å². The van der Waals surface area contributed by atoms with Gasteiger partial charge in [-0.05, 0) is 149 Å². The fourth-order valence-corrected chi connectivity index (χ4v) is 12.0. The van der Waals surface area contributed by atoms with Gasteiger partial charge in [0, 0.05) is 5.69 Å². The van der Waals surface area contributed by atoms with Gasteiger partial charge in [0.2, 0.25) is 0 Å². The predicted octanol–water partition coefficient (Wildman–Crippen LogP) is 18.6. The van der Waals surface area contributed by atoms with E-state index in [1.54, 1.807) is 0 Å². The van der Waals surface area contributed by atoms with Gasteiger partial charge in [0.25, 0.3) is 0 Å². The molecule has 10 rings (SSSR count). The lowest BCUT2D eigenvalue weighted by atomic mass is 9.61. The van der Waals surface area contributed by atoms with Crippen molar-refractivity contribution in [1.29, 1.82) is 0 Å². The molecule has 0 spiro atoms. The molecule has 1 nitrogen and oxygen atoms in total. The molecule has 0 aromatic heterocycles. The summed E-state index contributed by atoms with van der Waals surface area (Å²) in [6.45, 7) is 28.4. The van der Waals surface area contributed by atoms with Crippen molar-refractivity contribution >= 4 is 22.4 Å². The Morgan fingerprint density at radius 3 is 1.67 bits per heavy atom. The van der Waals surface area contributed by atoms with Crippen molar-refractivity contribution in [3.05, 3.63) is 249 Å². The Hall–Kier alpha value is -6.44. The van der Waals surface area contributed by atoms with Crippen LogP contribution in [0.15, 0.2) is 194 Å². The highest BCUT2D eigenvalue weighted by atomic mass is 15.2. The number of benzene rings is 6. The van der Waals surface area contributed by atoms with E-state index >= 15 is 0 Å². The fourth-order valence-electron chi connectivity index (χ4n) is 12.0. The van der Waals surface area contributed by atoms with Gasteiger partial charge in [0.1, 0.15) is 0 Å². The van der Waals surface area contributed by atoms with Crippen LogP contribution in [0.25, 0.3) is 27.8 Å². The number of hydrogen-bond donors (Lipinski definition) is 0. The van der Waals surface area contributed by atoms with Crippen LogP contribution < -0.4 is 4.90 Å². The summed E-state index contributed by atoms with van der Waals surface area (Å²) in [6, 6.07) is 54.5. The lowest BCUT2D eigenvalue weighted by Crippen LogP contribution is -2.44. The number of allylic oxidation sites excluding steroid dienone is 8. The summed E-state index contributed by atoms with van der Waals surface area (Å²) in [7, 11) is 0. The van der Waals surface area contributed by atoms with Gasteiger partial charge in [-0.2, -0.15) is 0 Å². The minimum Gasteiger partial charge on any atom is -0.358 e. The zero-order valence-corrected chi connectivity index (χ0v) is 45.3. The first-order valence-electron chi connectivity index (χ1n) is 26.8. The molecule has 4 aliphatic rings. The average Bonchev–Trinajstić information content (AvgIpc) is 3.66. The van der Waals surface area contributed by atoms with Crippen LogP contribution in [-0.2, 0) is 27.1 Å². The van der Waals surface area contributed by atoms with Crippen LogP contribution in [0.2, 0.25) is 0 Å². The van der Waals surface area contributed by atoms with E-state index in [0.29, 0.717) is 0 Å². The molecule has 0 saturated heterocycles. The fraction of sp³-hybridized carbons (Fsp3) is 0.324. The first kappa shape index (κ1) is 49.2. The number of nitrogens with zero attached hydrogens (tertiary/aromatic N) is 1. The second-order valence-corrected chi connectivity index (χ2v) is 25.3. The van der Waals surface area contributed by atoms with Crippen molar-refractivity contribution < 1.29 is 0 Å². The summed E-state index contributed by atoms with van der Waals surface area (Å²) in [4.78, 5) is 2.75. The Balaban J connectivity index is 1.17. The maximum Gasteiger partial charge on any atom is 0.0680 e. The number of fused-ring (bicyclic) bond motifs is 2. The van der Waals surface area contributed by atoms with Crippen LogP contribution in [0.1, 0.15) is 164 Å². The third kappa shape index (κ3) is 9.19. The summed E-state index contributed by atoms with van der Waals surface area (Å²) in [5.41, 5.74) is 22.4. The lowest BCUT2D eigenvalue weighted by Gasteiger charge is -2.44. The monoisotopic (exact) mass is 944 g/mol. The summed E-state index contributed by atoms with van der Waals surface area (Å²) in [5, 5.41) is 0. The van der Waals surface area contributed by atoms with Crippen LogP contribution >= 0.6 is 0 Å². The quantitative estimate of drug-likeness (QED) is 0.147. The Labute approximate surface area is 433 Å². The maximum atomic E-state index is 2.75. The molecule has 6 aromatic carbocycles. The van der Waals surface area contributed by atoms with Gasteiger partial charge in [-0.25, -0.2) is 0 Å². The van der Waals surface area contributed by atoms with Crippen molar-refractivity contribution in [3.63, 3.8) is 0 Å². The Morgan fingerprint density at radius 1 is 0.514 bits per heavy atom. The van der Waals surface area contributed by atoms with Crippen LogP contribution in [0, 0.1) is 0 Å². The van der Waals surface area contributed by atoms with Crippen molar-refractivity contribution in [2.24, 2.45) is 0 Å². The van der Waals surface area contributed by atoms with Crippen molar-refractivity contribution in [2.45, 2.75) is 148 Å². The minimum absolute atomic E-state index is 0.0262. The molecule has 0 N–H and O–H groups in total. The molecular formula is C71H77N. The number of anilines is 1. The molecule has 0 radical (unpaired) electrons. The molecule has 6 aromatic rings. The second kappa shape index (κ2) is 18.6. The molecule has 72 heavy (non-hydrogen) atoms. The van der Waals surface area contributed by atoms with E-state index in [1.165, 1.54) is 94.7 Å². The average molecular weight is 944 g/mol. The van der Waals surface area contributed by atoms with E-state index < -0.39 is 5.41 Å². The standard InChI is InChI=1S/C71H77N/c1-67(2,3)56-42-53(43-57(44-56)68(4,5)6)52-28-34-55(35-29-52)71(54-26-20-15-21-27-54)64-47-61(40-41-62(64)63-45-58(69(7,8)9)46-65(66(63)71)70(10,11)12)72(59-36-30-50(31-37-59)48-22-16-13-17-23-48)60-38-32-51(33-39-60)49-24-18-14-19-25-49/h13-18,20-24,26-36,38-46,59,61H,19,25,37,47H2,1-12H3. The molecule has 0 aliphatic heterocycles. The van der Waals surface area contributed by atoms with Gasteiger partial charge < -0.3 is 4.90 Å². The van der Waals surface area contributed by atoms with E-state index in [-0.39, 0.29) is 33.7 Å². The number of hydrogen-bond acceptors (Lipinski definition) is 1. The molecule has 3 unspecified atom stereocenters. The molecular weight excluding hydrogens is 867 g/mol. The molecule has 3 atom stereocenters. The SMILES string of the molecule is CC(C)(C)c1cc(-c2ccc(C3(c4ccccc4)C4=C(C=CC(N(c5ccc(C6=CC=CCC6)cc5)C5C=CC(c6ccccc6)=CC5)C4)c4cc(C(C)(C)C)cc(C(C)(C)C)c43)cc2)cc(C(C)(C)C)c1. The third-order valence-corrected chi connectivity index (χ3v) is 16.1. The van der Waals surface area contributed by atoms with E-state index in [2.05, 4.69) is 276 Å². The maximum absolute atomic E-state index is 2.75. The Kier molecular flexibility index (Phi) is 12.7. The summed E-state index contributed by atoms with van der Waals surface area (Å²) >= 11 is 0. The smallest absolute Gasteiger partial charge is 0.0680 e. The minimum atomic E-state index is -0.546. The van der Waals surface area contributed by atoms with Gasteiger partial charge in [-0.1, -0.05) is 259 Å². The largest absolute Gasteiger partial charge is 0.358 e. The van der Waals surface area contributed by atoms with Gasteiger partial charge in [0.15, 0.2) is 0 Å². The molecule has 0 amide bonds. The number of rotatable bonds is 8. The first-order valence-corrected chi connectivity index (χ1v) is 26.8. The highest BCUT2D eigenvalue weighted by Gasteiger charge is 2.52. The molecule has 0 fully saturated rings. The van der Waals surface area contributed by atoms with Gasteiger partial charge >= 0.3 is 0 Å². The van der Waals surface area contributed by atoms with Gasteiger partial charge in [-0.3, -0.25) is 0 Å². The molecule has 0 bridgehead atoms. The molecule has 4 aliphatic carbocycles. The van der Waals surface area contributed by atoms with Crippen molar-refractivity contribution in [3.8, 4) is 11.1 Å². The van der Waals surface area contributed by atoms with Crippen LogP contribution in [0.4, 0.5) is 5.69 Å². The van der Waals surface area contributed by atoms with Crippen LogP contribution in [0.5, 0.6) is 0 Å². The zero-order chi connectivity index (χ0) is 50.8. The topological polar surface area (TPSA) is 3.24 Å².